The molecule has 0 aliphatic carbocycles. The highest BCUT2D eigenvalue weighted by Crippen LogP contribution is 2.15. The van der Waals surface area contributed by atoms with Gasteiger partial charge in [-0.3, -0.25) is 4.79 Å². The van der Waals surface area contributed by atoms with E-state index >= 15 is 0 Å². The third kappa shape index (κ3) is 6.96. The first-order valence-electron chi connectivity index (χ1n) is 9.93. The average Bonchev–Trinajstić information content (AvgIpc) is 2.75. The van der Waals surface area contributed by atoms with E-state index in [1.807, 2.05) is 6.92 Å². The number of hydrogen-bond acceptors (Lipinski definition) is 5. The number of sulfonamides is 1. The van der Waals surface area contributed by atoms with Gasteiger partial charge in [0.1, 0.15) is 0 Å². The molecule has 0 unspecified atom stereocenters. The molecule has 162 valence electrons. The molecule has 7 nitrogen and oxygen atoms in total. The Kier molecular flexibility index (Phi) is 9.01. The van der Waals surface area contributed by atoms with Crippen molar-refractivity contribution in [2.75, 3.05) is 25.5 Å². The van der Waals surface area contributed by atoms with Crippen molar-refractivity contribution in [3.63, 3.8) is 0 Å². The van der Waals surface area contributed by atoms with Crippen molar-refractivity contribution in [2.24, 2.45) is 0 Å². The summed E-state index contributed by atoms with van der Waals surface area (Å²) in [7, 11) is -2.06. The molecule has 0 radical (unpaired) electrons. The number of carbonyl (C=O) groups excluding carboxylic acids is 2. The van der Waals surface area contributed by atoms with Crippen molar-refractivity contribution in [1.29, 1.82) is 0 Å². The number of amides is 1. The standard InChI is InChI=1S/C22H28N2O5S/c1-3-4-17-29-22(26)18-12-14-19(15-13-18)23-21(25)11-8-16-24(2)30(27,28)20-9-6-5-7-10-20/h5-7,9-10,12-15H,3-4,8,11,16-17H2,1-2H3,(H,23,25). The number of unbranched alkanes of at least 4 members (excludes halogenated alkanes) is 1. The zero-order chi connectivity index (χ0) is 22.0. The summed E-state index contributed by atoms with van der Waals surface area (Å²) in [6.07, 6.45) is 2.33. The first kappa shape index (κ1) is 23.6. The molecular weight excluding hydrogens is 404 g/mol. The molecule has 0 heterocycles. The predicted octanol–water partition coefficient (Wildman–Crippen LogP) is 3.68. The lowest BCUT2D eigenvalue weighted by atomic mass is 10.2. The fourth-order valence-electron chi connectivity index (χ4n) is 2.66. The first-order valence-corrected chi connectivity index (χ1v) is 11.4. The molecule has 0 saturated carbocycles. The SMILES string of the molecule is CCCCOC(=O)c1ccc(NC(=O)CCCN(C)S(=O)(=O)c2ccccc2)cc1. The monoisotopic (exact) mass is 432 g/mol. The van der Waals surface area contributed by atoms with Crippen LogP contribution in [0, 0.1) is 0 Å². The maximum absolute atomic E-state index is 12.5. The summed E-state index contributed by atoms with van der Waals surface area (Å²) in [6, 6.07) is 14.7. The van der Waals surface area contributed by atoms with Crippen LogP contribution in [0.4, 0.5) is 5.69 Å². The summed E-state index contributed by atoms with van der Waals surface area (Å²) in [6.45, 7) is 2.64. The highest BCUT2D eigenvalue weighted by molar-refractivity contribution is 7.89. The molecule has 0 aliphatic rings. The Bertz CT molecular complexity index is 928. The van der Waals surface area contributed by atoms with Crippen molar-refractivity contribution in [3.05, 3.63) is 60.2 Å². The Morgan fingerprint density at radius 3 is 2.30 bits per heavy atom. The topological polar surface area (TPSA) is 92.8 Å². The number of ether oxygens (including phenoxy) is 1. The van der Waals surface area contributed by atoms with Gasteiger partial charge in [-0.2, -0.15) is 0 Å². The van der Waals surface area contributed by atoms with Gasteiger partial charge >= 0.3 is 5.97 Å². The second-order valence-corrected chi connectivity index (χ2v) is 8.90. The molecule has 0 aliphatic heterocycles. The highest BCUT2D eigenvalue weighted by atomic mass is 32.2. The molecule has 8 heteroatoms. The number of anilines is 1. The smallest absolute Gasteiger partial charge is 0.338 e. The fraction of sp³-hybridized carbons (Fsp3) is 0.364. The quantitative estimate of drug-likeness (QED) is 0.432. The maximum Gasteiger partial charge on any atom is 0.338 e. The lowest BCUT2D eigenvalue weighted by Crippen LogP contribution is -2.28. The van der Waals surface area contributed by atoms with E-state index in [9.17, 15) is 18.0 Å². The van der Waals surface area contributed by atoms with Gasteiger partial charge in [0, 0.05) is 25.7 Å². The Morgan fingerprint density at radius 2 is 1.67 bits per heavy atom. The third-order valence-corrected chi connectivity index (χ3v) is 6.33. The van der Waals surface area contributed by atoms with Crippen molar-refractivity contribution >= 4 is 27.6 Å². The minimum absolute atomic E-state index is 0.176. The van der Waals surface area contributed by atoms with E-state index < -0.39 is 10.0 Å². The number of hydrogen-bond donors (Lipinski definition) is 1. The Morgan fingerprint density at radius 1 is 1.00 bits per heavy atom. The van der Waals surface area contributed by atoms with Crippen LogP contribution in [-0.2, 0) is 19.6 Å². The van der Waals surface area contributed by atoms with Crippen LogP contribution in [0.3, 0.4) is 0 Å². The van der Waals surface area contributed by atoms with Crippen LogP contribution in [0.1, 0.15) is 43.0 Å². The van der Waals surface area contributed by atoms with Gasteiger partial charge < -0.3 is 10.1 Å². The van der Waals surface area contributed by atoms with E-state index in [-0.39, 0.29) is 29.7 Å². The van der Waals surface area contributed by atoms with E-state index in [1.54, 1.807) is 54.6 Å². The van der Waals surface area contributed by atoms with Crippen molar-refractivity contribution in [1.82, 2.24) is 4.31 Å². The van der Waals surface area contributed by atoms with Crippen LogP contribution < -0.4 is 5.32 Å². The summed E-state index contributed by atoms with van der Waals surface area (Å²) in [5.41, 5.74) is 0.993. The predicted molar refractivity (Wildman–Crippen MR) is 116 cm³/mol. The van der Waals surface area contributed by atoms with E-state index in [0.29, 0.717) is 24.3 Å². The summed E-state index contributed by atoms with van der Waals surface area (Å²) in [5.74, 6) is -0.609. The zero-order valence-corrected chi connectivity index (χ0v) is 18.2. The van der Waals surface area contributed by atoms with Gasteiger partial charge in [-0.1, -0.05) is 31.5 Å². The number of esters is 1. The van der Waals surface area contributed by atoms with Gasteiger partial charge in [0.2, 0.25) is 15.9 Å². The van der Waals surface area contributed by atoms with E-state index in [0.717, 1.165) is 12.8 Å². The molecular formula is C22H28N2O5S. The molecule has 0 spiro atoms. The Hall–Kier alpha value is -2.71. The van der Waals surface area contributed by atoms with Crippen LogP contribution in [0.25, 0.3) is 0 Å². The van der Waals surface area contributed by atoms with Crippen LogP contribution in [0.15, 0.2) is 59.5 Å². The minimum Gasteiger partial charge on any atom is -0.462 e. The van der Waals surface area contributed by atoms with Gasteiger partial charge in [-0.25, -0.2) is 17.5 Å². The van der Waals surface area contributed by atoms with Crippen LogP contribution in [0.5, 0.6) is 0 Å². The highest BCUT2D eigenvalue weighted by Gasteiger charge is 2.20. The Labute approximate surface area is 178 Å². The van der Waals surface area contributed by atoms with E-state index in [2.05, 4.69) is 5.32 Å². The van der Waals surface area contributed by atoms with Gasteiger partial charge in [-0.15, -0.1) is 0 Å². The van der Waals surface area contributed by atoms with Crippen LogP contribution >= 0.6 is 0 Å². The molecule has 0 fully saturated rings. The van der Waals surface area contributed by atoms with E-state index in [1.165, 1.54) is 11.4 Å². The fourth-order valence-corrected chi connectivity index (χ4v) is 3.89. The molecule has 1 amide bonds. The van der Waals surface area contributed by atoms with E-state index in [4.69, 9.17) is 4.74 Å². The summed E-state index contributed by atoms with van der Waals surface area (Å²) >= 11 is 0. The van der Waals surface area contributed by atoms with Gasteiger partial charge in [0.15, 0.2) is 0 Å². The first-order chi connectivity index (χ1) is 14.3. The molecule has 0 bridgehead atoms. The summed E-state index contributed by atoms with van der Waals surface area (Å²) in [5, 5.41) is 2.75. The molecule has 0 saturated heterocycles. The second kappa shape index (κ2) is 11.5. The minimum atomic E-state index is -3.56. The number of rotatable bonds is 11. The molecule has 2 aromatic rings. The lowest BCUT2D eigenvalue weighted by molar-refractivity contribution is -0.116. The molecule has 0 atom stereocenters. The molecule has 2 aromatic carbocycles. The van der Waals surface area contributed by atoms with Crippen molar-refractivity contribution < 1.29 is 22.7 Å². The number of benzene rings is 2. The van der Waals surface area contributed by atoms with Gasteiger partial charge in [-0.05, 0) is 49.2 Å². The van der Waals surface area contributed by atoms with Crippen LogP contribution in [-0.4, -0.2) is 44.8 Å². The summed E-state index contributed by atoms with van der Waals surface area (Å²) in [4.78, 5) is 24.2. The normalized spacial score (nSPS) is 11.3. The lowest BCUT2D eigenvalue weighted by Gasteiger charge is -2.17. The Balaban J connectivity index is 1.78. The molecule has 2 rings (SSSR count). The number of carbonyl (C=O) groups is 2. The molecule has 0 aromatic heterocycles. The largest absolute Gasteiger partial charge is 0.462 e. The number of nitrogens with one attached hydrogen (secondary N) is 1. The van der Waals surface area contributed by atoms with Crippen molar-refractivity contribution in [3.8, 4) is 0 Å². The molecule has 1 N–H and O–H groups in total. The van der Waals surface area contributed by atoms with Crippen molar-refractivity contribution in [2.45, 2.75) is 37.5 Å². The number of nitrogens with zero attached hydrogens (tertiary/aromatic N) is 1. The zero-order valence-electron chi connectivity index (χ0n) is 17.3. The van der Waals surface area contributed by atoms with Crippen LogP contribution in [0.2, 0.25) is 0 Å². The summed E-state index contributed by atoms with van der Waals surface area (Å²) < 4.78 is 31.3. The third-order valence-electron chi connectivity index (χ3n) is 4.46. The van der Waals surface area contributed by atoms with Gasteiger partial charge in [0.25, 0.3) is 0 Å². The average molecular weight is 433 g/mol. The molecule has 30 heavy (non-hydrogen) atoms. The second-order valence-electron chi connectivity index (χ2n) is 6.86. The van der Waals surface area contributed by atoms with Gasteiger partial charge in [0.05, 0.1) is 17.1 Å². The maximum atomic E-state index is 12.5.